The average Bonchev–Trinajstić information content (AvgIpc) is 3.30. The molecule has 1 aromatic heterocycles. The summed E-state index contributed by atoms with van der Waals surface area (Å²) in [4.78, 5) is 26.1. The first-order chi connectivity index (χ1) is 10.6. The number of hydrogen-bond donors (Lipinski definition) is 1. The smallest absolute Gasteiger partial charge is 0.310 e. The Balaban J connectivity index is 1.70. The third-order valence-electron chi connectivity index (χ3n) is 4.25. The van der Waals surface area contributed by atoms with Crippen LogP contribution in [0.2, 0.25) is 5.02 Å². The Labute approximate surface area is 134 Å². The lowest BCUT2D eigenvalue weighted by atomic mass is 9.98. The SMILES string of the molecule is CCOC(=O)C1CCCN(C(=O)c2n[nH]c(C3CC3)c2Cl)C1. The molecule has 6 nitrogen and oxygen atoms in total. The van der Waals surface area contributed by atoms with Crippen LogP contribution in [0.15, 0.2) is 0 Å². The number of esters is 1. The summed E-state index contributed by atoms with van der Waals surface area (Å²) in [5.41, 5.74) is 1.14. The fraction of sp³-hybridized carbons (Fsp3) is 0.667. The van der Waals surface area contributed by atoms with Gasteiger partial charge in [-0.2, -0.15) is 5.10 Å². The first-order valence-corrected chi connectivity index (χ1v) is 8.19. The van der Waals surface area contributed by atoms with Crippen LogP contribution in [-0.2, 0) is 9.53 Å². The van der Waals surface area contributed by atoms with E-state index < -0.39 is 0 Å². The van der Waals surface area contributed by atoms with Crippen LogP contribution in [0.25, 0.3) is 0 Å². The second-order valence-corrected chi connectivity index (χ2v) is 6.29. The molecule has 0 aromatic carbocycles. The van der Waals surface area contributed by atoms with Crippen LogP contribution < -0.4 is 0 Å². The zero-order chi connectivity index (χ0) is 15.7. The van der Waals surface area contributed by atoms with Gasteiger partial charge >= 0.3 is 5.97 Å². The molecule has 1 amide bonds. The lowest BCUT2D eigenvalue weighted by Gasteiger charge is -2.31. The van der Waals surface area contributed by atoms with Gasteiger partial charge in [0.2, 0.25) is 0 Å². The molecule has 2 fully saturated rings. The highest BCUT2D eigenvalue weighted by atomic mass is 35.5. The standard InChI is InChI=1S/C15H20ClN3O3/c1-2-22-15(21)10-4-3-7-19(8-10)14(20)13-11(16)12(17-18-13)9-5-6-9/h9-10H,2-8H2,1H3,(H,17,18). The maximum absolute atomic E-state index is 12.6. The van der Waals surface area contributed by atoms with Gasteiger partial charge < -0.3 is 9.64 Å². The zero-order valence-corrected chi connectivity index (χ0v) is 13.4. The van der Waals surface area contributed by atoms with E-state index in [0.29, 0.717) is 30.6 Å². The summed E-state index contributed by atoms with van der Waals surface area (Å²) in [6.45, 7) is 3.14. The van der Waals surface area contributed by atoms with Crippen LogP contribution in [0.3, 0.4) is 0 Å². The minimum atomic E-state index is -0.252. The molecule has 0 bridgehead atoms. The number of nitrogens with one attached hydrogen (secondary N) is 1. The van der Waals surface area contributed by atoms with E-state index in [-0.39, 0.29) is 23.5 Å². The number of piperidine rings is 1. The number of aromatic nitrogens is 2. The number of aromatic amines is 1. The van der Waals surface area contributed by atoms with Crippen LogP contribution in [0.5, 0.6) is 0 Å². The maximum Gasteiger partial charge on any atom is 0.310 e. The summed E-state index contributed by atoms with van der Waals surface area (Å²) >= 11 is 6.29. The van der Waals surface area contributed by atoms with Gasteiger partial charge in [-0.05, 0) is 32.6 Å². The van der Waals surface area contributed by atoms with Gasteiger partial charge in [0.05, 0.1) is 23.2 Å². The van der Waals surface area contributed by atoms with E-state index in [1.54, 1.807) is 11.8 Å². The van der Waals surface area contributed by atoms with Crippen molar-refractivity contribution in [2.24, 2.45) is 5.92 Å². The molecule has 1 atom stereocenters. The van der Waals surface area contributed by atoms with Crippen molar-refractivity contribution < 1.29 is 14.3 Å². The molecular weight excluding hydrogens is 306 g/mol. The monoisotopic (exact) mass is 325 g/mol. The van der Waals surface area contributed by atoms with E-state index in [1.807, 2.05) is 0 Å². The van der Waals surface area contributed by atoms with Crippen LogP contribution in [-0.4, -0.2) is 46.7 Å². The first kappa shape index (κ1) is 15.3. The summed E-state index contributed by atoms with van der Waals surface area (Å²) in [6, 6.07) is 0. The van der Waals surface area contributed by atoms with Gasteiger partial charge in [0, 0.05) is 19.0 Å². The summed E-state index contributed by atoms with van der Waals surface area (Å²) in [6.07, 6.45) is 3.71. The third kappa shape index (κ3) is 2.97. The van der Waals surface area contributed by atoms with E-state index in [9.17, 15) is 9.59 Å². The molecule has 2 aliphatic rings. The van der Waals surface area contributed by atoms with Crippen molar-refractivity contribution in [1.29, 1.82) is 0 Å². The van der Waals surface area contributed by atoms with Gasteiger partial charge in [-0.1, -0.05) is 11.6 Å². The molecule has 1 unspecified atom stereocenters. The number of hydrogen-bond acceptors (Lipinski definition) is 4. The van der Waals surface area contributed by atoms with Crippen LogP contribution in [0.4, 0.5) is 0 Å². The Hall–Kier alpha value is -1.56. The zero-order valence-electron chi connectivity index (χ0n) is 12.6. The fourth-order valence-corrected chi connectivity index (χ4v) is 3.21. The summed E-state index contributed by atoms with van der Waals surface area (Å²) in [5.74, 6) is -0.276. The molecule has 22 heavy (non-hydrogen) atoms. The number of likely N-dealkylation sites (tertiary alicyclic amines) is 1. The lowest BCUT2D eigenvalue weighted by molar-refractivity contribution is -0.149. The molecule has 1 aliphatic carbocycles. The lowest BCUT2D eigenvalue weighted by Crippen LogP contribution is -2.43. The summed E-state index contributed by atoms with van der Waals surface area (Å²) in [5, 5.41) is 7.42. The number of amides is 1. The number of H-pyrrole nitrogens is 1. The predicted octanol–water partition coefficient (Wildman–Crippen LogP) is 2.36. The Morgan fingerprint density at radius 3 is 2.86 bits per heavy atom. The van der Waals surface area contributed by atoms with E-state index in [1.165, 1.54) is 0 Å². The van der Waals surface area contributed by atoms with E-state index in [4.69, 9.17) is 16.3 Å². The highest BCUT2D eigenvalue weighted by Gasteiger charge is 2.34. The van der Waals surface area contributed by atoms with Crippen LogP contribution in [0, 0.1) is 5.92 Å². The normalized spacial score (nSPS) is 21.7. The van der Waals surface area contributed by atoms with E-state index in [0.717, 1.165) is 31.4 Å². The van der Waals surface area contributed by atoms with Crippen LogP contribution in [0.1, 0.15) is 54.7 Å². The van der Waals surface area contributed by atoms with Crippen molar-refractivity contribution >= 4 is 23.5 Å². The van der Waals surface area contributed by atoms with Gasteiger partial charge in [0.25, 0.3) is 5.91 Å². The predicted molar refractivity (Wildman–Crippen MR) is 80.8 cm³/mol. The van der Waals surface area contributed by atoms with Gasteiger partial charge in [0.15, 0.2) is 5.69 Å². The summed E-state index contributed by atoms with van der Waals surface area (Å²) in [7, 11) is 0. The quantitative estimate of drug-likeness (QED) is 0.862. The number of rotatable bonds is 4. The Kier molecular flexibility index (Phi) is 4.38. The molecule has 1 aromatic rings. The Morgan fingerprint density at radius 1 is 1.41 bits per heavy atom. The third-order valence-corrected chi connectivity index (χ3v) is 4.63. The number of carbonyl (C=O) groups is 2. The van der Waals surface area contributed by atoms with Crippen LogP contribution >= 0.6 is 11.6 Å². The number of carbonyl (C=O) groups excluding carboxylic acids is 2. The minimum absolute atomic E-state index is 0.206. The Bertz CT molecular complexity index is 583. The molecule has 1 saturated heterocycles. The summed E-state index contributed by atoms with van der Waals surface area (Å²) < 4.78 is 5.06. The van der Waals surface area contributed by atoms with Crippen molar-refractivity contribution in [2.45, 2.75) is 38.5 Å². The average molecular weight is 326 g/mol. The molecule has 7 heteroatoms. The van der Waals surface area contributed by atoms with Crippen molar-refractivity contribution in [1.82, 2.24) is 15.1 Å². The van der Waals surface area contributed by atoms with E-state index in [2.05, 4.69) is 10.2 Å². The van der Waals surface area contributed by atoms with Gasteiger partial charge in [-0.15, -0.1) is 0 Å². The van der Waals surface area contributed by atoms with Crippen molar-refractivity contribution in [3.63, 3.8) is 0 Å². The largest absolute Gasteiger partial charge is 0.466 e. The highest BCUT2D eigenvalue weighted by molar-refractivity contribution is 6.34. The molecule has 2 heterocycles. The van der Waals surface area contributed by atoms with Crippen molar-refractivity contribution in [3.8, 4) is 0 Å². The second kappa shape index (κ2) is 6.28. The molecule has 0 spiro atoms. The molecule has 3 rings (SSSR count). The topological polar surface area (TPSA) is 75.3 Å². The van der Waals surface area contributed by atoms with E-state index >= 15 is 0 Å². The number of ether oxygens (including phenoxy) is 1. The Morgan fingerprint density at radius 2 is 2.18 bits per heavy atom. The van der Waals surface area contributed by atoms with Crippen molar-refractivity contribution in [3.05, 3.63) is 16.4 Å². The molecule has 0 radical (unpaired) electrons. The molecule has 1 saturated carbocycles. The second-order valence-electron chi connectivity index (χ2n) is 5.92. The number of halogens is 1. The molecule has 1 N–H and O–H groups in total. The minimum Gasteiger partial charge on any atom is -0.466 e. The van der Waals surface area contributed by atoms with Crippen molar-refractivity contribution in [2.75, 3.05) is 19.7 Å². The molecule has 120 valence electrons. The highest BCUT2D eigenvalue weighted by Crippen LogP contribution is 2.43. The van der Waals surface area contributed by atoms with Gasteiger partial charge in [-0.3, -0.25) is 14.7 Å². The van der Waals surface area contributed by atoms with Gasteiger partial charge in [0.1, 0.15) is 0 Å². The molecular formula is C15H20ClN3O3. The maximum atomic E-state index is 12.6. The molecule has 1 aliphatic heterocycles. The van der Waals surface area contributed by atoms with Gasteiger partial charge in [-0.25, -0.2) is 0 Å². The fourth-order valence-electron chi connectivity index (χ4n) is 2.89. The number of nitrogens with zero attached hydrogens (tertiary/aromatic N) is 2. The first-order valence-electron chi connectivity index (χ1n) is 7.81.